The van der Waals surface area contributed by atoms with Crippen LogP contribution in [0.15, 0.2) is 55.1 Å². The summed E-state index contributed by atoms with van der Waals surface area (Å²) in [5.74, 6) is -1.51. The number of halogens is 3. The molecule has 2 aromatic carbocycles. The molecule has 4 rings (SSSR count). The molecule has 35 heavy (non-hydrogen) atoms. The molecule has 0 aliphatic heterocycles. The van der Waals surface area contributed by atoms with Gasteiger partial charge in [-0.1, -0.05) is 29.3 Å². The molecule has 10 heteroatoms. The van der Waals surface area contributed by atoms with Crippen molar-refractivity contribution in [3.63, 3.8) is 0 Å². The highest BCUT2D eigenvalue weighted by Crippen LogP contribution is 2.35. The molecule has 0 atom stereocenters. The van der Waals surface area contributed by atoms with E-state index in [0.29, 0.717) is 34.3 Å². The number of carbonyl (C=O) groups is 1. The second kappa shape index (κ2) is 10.5. The van der Waals surface area contributed by atoms with Crippen molar-refractivity contribution >= 4 is 45.9 Å². The summed E-state index contributed by atoms with van der Waals surface area (Å²) in [7, 11) is 0. The van der Waals surface area contributed by atoms with E-state index in [-0.39, 0.29) is 18.4 Å². The van der Waals surface area contributed by atoms with Gasteiger partial charge < -0.3 is 19.3 Å². The van der Waals surface area contributed by atoms with Gasteiger partial charge in [0.15, 0.2) is 0 Å². The van der Waals surface area contributed by atoms with Crippen LogP contribution in [0.4, 0.5) is 10.2 Å². The average molecular weight is 517 g/mol. The van der Waals surface area contributed by atoms with Gasteiger partial charge in [-0.25, -0.2) is 19.2 Å². The van der Waals surface area contributed by atoms with Crippen molar-refractivity contribution in [2.45, 2.75) is 26.3 Å². The van der Waals surface area contributed by atoms with E-state index in [1.807, 2.05) is 36.7 Å². The van der Waals surface area contributed by atoms with Gasteiger partial charge in [0, 0.05) is 36.4 Å². The van der Waals surface area contributed by atoms with Crippen molar-refractivity contribution in [3.05, 3.63) is 76.5 Å². The minimum absolute atomic E-state index is 0.00115. The summed E-state index contributed by atoms with van der Waals surface area (Å²) in [5, 5.41) is 10.9. The largest absolute Gasteiger partial charge is 0.493 e. The van der Waals surface area contributed by atoms with Crippen molar-refractivity contribution in [1.82, 2.24) is 14.5 Å². The highest BCUT2D eigenvalue weighted by Gasteiger charge is 2.19. The van der Waals surface area contributed by atoms with Crippen molar-refractivity contribution in [3.8, 4) is 11.4 Å². The number of imidazole rings is 1. The number of pyridine rings is 1. The van der Waals surface area contributed by atoms with E-state index in [1.165, 1.54) is 12.1 Å². The van der Waals surface area contributed by atoms with Gasteiger partial charge in [-0.3, -0.25) is 0 Å². The minimum Gasteiger partial charge on any atom is -0.493 e. The van der Waals surface area contributed by atoms with Crippen molar-refractivity contribution in [1.29, 1.82) is 0 Å². The summed E-state index contributed by atoms with van der Waals surface area (Å²) < 4.78 is 21.4. The maximum Gasteiger partial charge on any atom is 0.342 e. The molecular formula is C25H23Cl2FN4O3. The number of anilines is 1. The second-order valence-electron chi connectivity index (χ2n) is 8.13. The van der Waals surface area contributed by atoms with Crippen LogP contribution in [0.25, 0.3) is 16.6 Å². The number of carboxylic acid groups (broad SMARTS) is 1. The Kier molecular flexibility index (Phi) is 7.42. The van der Waals surface area contributed by atoms with Crippen LogP contribution >= 0.6 is 23.2 Å². The number of nitrogens with zero attached hydrogens (tertiary/aromatic N) is 4. The number of fused-ring (bicyclic) bond motifs is 1. The molecule has 0 amide bonds. The quantitative estimate of drug-likeness (QED) is 0.265. The normalized spacial score (nSPS) is 11.3. The third-order valence-corrected chi connectivity index (χ3v) is 6.32. The Hall–Kier alpha value is -3.36. The first kappa shape index (κ1) is 24.8. The van der Waals surface area contributed by atoms with E-state index in [9.17, 15) is 14.3 Å². The number of ether oxygens (including phenoxy) is 1. The fourth-order valence-corrected chi connectivity index (χ4v) is 4.21. The van der Waals surface area contributed by atoms with Crippen LogP contribution in [0.3, 0.4) is 0 Å². The molecule has 0 aliphatic rings. The molecule has 182 valence electrons. The Morgan fingerprint density at radius 2 is 2.06 bits per heavy atom. The van der Waals surface area contributed by atoms with E-state index in [4.69, 9.17) is 32.9 Å². The summed E-state index contributed by atoms with van der Waals surface area (Å²) in [6.07, 6.45) is 5.78. The number of rotatable bonds is 9. The van der Waals surface area contributed by atoms with Crippen molar-refractivity contribution < 1.29 is 19.0 Å². The number of hydrogen-bond acceptors (Lipinski definition) is 5. The smallest absolute Gasteiger partial charge is 0.342 e. The van der Waals surface area contributed by atoms with Crippen LogP contribution in [-0.4, -0.2) is 44.8 Å². The third kappa shape index (κ3) is 5.18. The van der Waals surface area contributed by atoms with Gasteiger partial charge in [0.1, 0.15) is 22.9 Å². The summed E-state index contributed by atoms with van der Waals surface area (Å²) in [6, 6.07) is 9.62. The fraction of sp³-hybridized carbons (Fsp3) is 0.240. The fourth-order valence-electron chi connectivity index (χ4n) is 3.85. The number of aromatic nitrogens is 3. The van der Waals surface area contributed by atoms with Gasteiger partial charge in [-0.2, -0.15) is 0 Å². The molecular weight excluding hydrogens is 494 g/mol. The van der Waals surface area contributed by atoms with E-state index < -0.39 is 17.3 Å². The lowest BCUT2D eigenvalue weighted by Gasteiger charge is -2.29. The van der Waals surface area contributed by atoms with Gasteiger partial charge in [0.2, 0.25) is 0 Å². The molecule has 7 nitrogen and oxygen atoms in total. The average Bonchev–Trinajstić information content (AvgIpc) is 3.35. The van der Waals surface area contributed by atoms with Gasteiger partial charge in [0.05, 0.1) is 34.2 Å². The molecule has 0 unspecified atom stereocenters. The third-order valence-electron chi connectivity index (χ3n) is 5.53. The maximum atomic E-state index is 13.9. The number of carboxylic acids is 1. The molecule has 0 spiro atoms. The molecule has 0 fully saturated rings. The first-order valence-corrected chi connectivity index (χ1v) is 11.7. The lowest BCUT2D eigenvalue weighted by molar-refractivity contribution is 0.0687. The Morgan fingerprint density at radius 3 is 2.74 bits per heavy atom. The van der Waals surface area contributed by atoms with E-state index in [0.717, 1.165) is 17.1 Å². The molecule has 1 N–H and O–H groups in total. The first-order valence-electron chi connectivity index (χ1n) is 11.0. The van der Waals surface area contributed by atoms with E-state index in [2.05, 4.69) is 9.88 Å². The van der Waals surface area contributed by atoms with E-state index >= 15 is 0 Å². The summed E-state index contributed by atoms with van der Waals surface area (Å²) in [6.45, 7) is 4.83. The van der Waals surface area contributed by atoms with Crippen LogP contribution < -0.4 is 9.64 Å². The number of aromatic carboxylic acids is 1. The van der Waals surface area contributed by atoms with Crippen LogP contribution in [0.1, 0.15) is 30.6 Å². The van der Waals surface area contributed by atoms with Crippen LogP contribution in [-0.2, 0) is 0 Å². The minimum atomic E-state index is -1.37. The topological polar surface area (TPSA) is 80.5 Å². The Bertz CT molecular complexity index is 1360. The van der Waals surface area contributed by atoms with Gasteiger partial charge in [0.25, 0.3) is 0 Å². The predicted molar refractivity (Wildman–Crippen MR) is 135 cm³/mol. The summed E-state index contributed by atoms with van der Waals surface area (Å²) in [5.41, 5.74) is 0.961. The second-order valence-corrected chi connectivity index (χ2v) is 8.92. The molecule has 4 aromatic rings. The Balaban J connectivity index is 1.61. The zero-order valence-corrected chi connectivity index (χ0v) is 20.6. The first-order chi connectivity index (χ1) is 16.8. The zero-order chi connectivity index (χ0) is 25.1. The molecule has 0 aliphatic carbocycles. The predicted octanol–water partition coefficient (Wildman–Crippen LogP) is 6.25. The Morgan fingerprint density at radius 1 is 1.26 bits per heavy atom. The molecule has 2 heterocycles. The zero-order valence-electron chi connectivity index (χ0n) is 19.1. The molecule has 0 saturated heterocycles. The number of hydrogen-bond donors (Lipinski definition) is 1. The standard InChI is InChI=1S/C25H23Cl2FN4O3/c1-15(2)32(10-4-12-35-20-6-3-5-18(28)22(20)25(33)34)21-13-19(31-11-9-29-14-31)16-7-8-17(26)23(27)24(16)30-21/h3,5-9,11,13-15H,4,10,12H2,1-2H3,(H,33,34). The summed E-state index contributed by atoms with van der Waals surface area (Å²) in [4.78, 5) is 22.4. The lowest BCUT2D eigenvalue weighted by atomic mass is 10.1. The number of benzene rings is 2. The Labute approximate surface area is 211 Å². The van der Waals surface area contributed by atoms with Gasteiger partial charge in [-0.05, 0) is 44.5 Å². The SMILES string of the molecule is CC(C)N(CCCOc1cccc(F)c1C(=O)O)c1cc(-n2ccnc2)c2ccc(Cl)c(Cl)c2n1. The molecule has 0 bridgehead atoms. The lowest BCUT2D eigenvalue weighted by Crippen LogP contribution is -2.33. The van der Waals surface area contributed by atoms with Gasteiger partial charge in [-0.15, -0.1) is 0 Å². The summed E-state index contributed by atoms with van der Waals surface area (Å²) >= 11 is 12.8. The van der Waals surface area contributed by atoms with Gasteiger partial charge >= 0.3 is 5.97 Å². The van der Waals surface area contributed by atoms with E-state index in [1.54, 1.807) is 18.6 Å². The molecule has 2 aromatic heterocycles. The molecule has 0 radical (unpaired) electrons. The molecule has 0 saturated carbocycles. The van der Waals surface area contributed by atoms with Crippen molar-refractivity contribution in [2.24, 2.45) is 0 Å². The van der Waals surface area contributed by atoms with Crippen molar-refractivity contribution in [2.75, 3.05) is 18.1 Å². The highest BCUT2D eigenvalue weighted by atomic mass is 35.5. The van der Waals surface area contributed by atoms with Crippen LogP contribution in [0.5, 0.6) is 5.75 Å². The van der Waals surface area contributed by atoms with Crippen LogP contribution in [0.2, 0.25) is 10.0 Å². The maximum absolute atomic E-state index is 13.9. The highest BCUT2D eigenvalue weighted by molar-refractivity contribution is 6.45. The monoisotopic (exact) mass is 516 g/mol. The van der Waals surface area contributed by atoms with Crippen LogP contribution in [0, 0.1) is 5.82 Å².